The molecule has 2 bridgehead atoms. The molecule has 22 heavy (non-hydrogen) atoms. The third-order valence-corrected chi connectivity index (χ3v) is 5.29. The summed E-state index contributed by atoms with van der Waals surface area (Å²) in [5.74, 6) is 0.825. The highest BCUT2D eigenvalue weighted by atomic mass is 19.1. The smallest absolute Gasteiger partial charge is 0.225 e. The first-order valence-electron chi connectivity index (χ1n) is 8.39. The Kier molecular flexibility index (Phi) is 3.96. The molecular weight excluding hydrogens is 283 g/mol. The quantitative estimate of drug-likeness (QED) is 0.828. The van der Waals surface area contributed by atoms with E-state index in [1.54, 1.807) is 0 Å². The van der Waals surface area contributed by atoms with Gasteiger partial charge in [-0.05, 0) is 38.8 Å². The molecule has 3 aliphatic rings. The molecule has 0 aromatic carbocycles. The number of fused-ring (bicyclic) bond motifs is 2. The second-order valence-electron chi connectivity index (χ2n) is 6.64. The lowest BCUT2D eigenvalue weighted by atomic mass is 10.1. The zero-order chi connectivity index (χ0) is 14.9. The van der Waals surface area contributed by atoms with Gasteiger partial charge in [0.2, 0.25) is 5.95 Å². The monoisotopic (exact) mass is 306 g/mol. The number of hydrogen-bond donors (Lipinski definition) is 0. The first kappa shape index (κ1) is 14.3. The van der Waals surface area contributed by atoms with Gasteiger partial charge in [-0.25, -0.2) is 14.4 Å². The number of anilines is 1. The van der Waals surface area contributed by atoms with E-state index in [0.717, 1.165) is 26.1 Å². The second-order valence-corrected chi connectivity index (χ2v) is 6.64. The maximum Gasteiger partial charge on any atom is 0.225 e. The summed E-state index contributed by atoms with van der Waals surface area (Å²) < 4.78 is 19.2. The molecular formula is C16H23FN4O. The molecule has 3 unspecified atom stereocenters. The van der Waals surface area contributed by atoms with Gasteiger partial charge in [0.1, 0.15) is 0 Å². The van der Waals surface area contributed by atoms with Crippen LogP contribution in [-0.2, 0) is 4.74 Å². The van der Waals surface area contributed by atoms with Crippen molar-refractivity contribution in [2.24, 2.45) is 5.92 Å². The molecule has 0 N–H and O–H groups in total. The van der Waals surface area contributed by atoms with Crippen molar-refractivity contribution < 1.29 is 9.13 Å². The molecule has 0 amide bonds. The Balaban J connectivity index is 1.35. The molecule has 3 fully saturated rings. The van der Waals surface area contributed by atoms with E-state index < -0.39 is 0 Å². The van der Waals surface area contributed by atoms with Gasteiger partial charge in [0.15, 0.2) is 5.82 Å². The topological polar surface area (TPSA) is 41.5 Å². The fraction of sp³-hybridized carbons (Fsp3) is 0.750. The van der Waals surface area contributed by atoms with Crippen LogP contribution in [0.4, 0.5) is 10.3 Å². The molecule has 1 aromatic heterocycles. The van der Waals surface area contributed by atoms with Gasteiger partial charge >= 0.3 is 0 Å². The van der Waals surface area contributed by atoms with E-state index in [1.165, 1.54) is 44.7 Å². The van der Waals surface area contributed by atoms with E-state index in [4.69, 9.17) is 4.74 Å². The summed E-state index contributed by atoms with van der Waals surface area (Å²) in [7, 11) is 0. The molecule has 120 valence electrons. The summed E-state index contributed by atoms with van der Waals surface area (Å²) in [6, 6.07) is 0.356. The molecule has 3 atom stereocenters. The summed E-state index contributed by atoms with van der Waals surface area (Å²) in [5, 5.41) is 0. The van der Waals surface area contributed by atoms with Gasteiger partial charge in [0.25, 0.3) is 0 Å². The van der Waals surface area contributed by atoms with Crippen molar-refractivity contribution in [2.75, 3.05) is 37.7 Å². The number of rotatable bonds is 5. The van der Waals surface area contributed by atoms with Crippen LogP contribution in [0, 0.1) is 11.7 Å². The van der Waals surface area contributed by atoms with Crippen molar-refractivity contribution in [1.82, 2.24) is 14.9 Å². The van der Waals surface area contributed by atoms with Crippen LogP contribution in [0.3, 0.4) is 0 Å². The first-order valence-corrected chi connectivity index (χ1v) is 8.39. The summed E-state index contributed by atoms with van der Waals surface area (Å²) >= 11 is 0. The van der Waals surface area contributed by atoms with E-state index in [0.29, 0.717) is 17.9 Å². The Morgan fingerprint density at radius 1 is 1.18 bits per heavy atom. The SMILES string of the molecule is Fc1cnc(N2CC3CCC2C3OCCN2CCCC2)nc1. The van der Waals surface area contributed by atoms with E-state index in [1.807, 2.05) is 0 Å². The molecule has 5 nitrogen and oxygen atoms in total. The number of nitrogens with zero attached hydrogens (tertiary/aromatic N) is 4. The molecule has 1 aliphatic carbocycles. The van der Waals surface area contributed by atoms with Gasteiger partial charge < -0.3 is 14.5 Å². The minimum Gasteiger partial charge on any atom is -0.374 e. The summed E-state index contributed by atoms with van der Waals surface area (Å²) in [6.07, 6.45) is 7.77. The third-order valence-electron chi connectivity index (χ3n) is 5.29. The van der Waals surface area contributed by atoms with Crippen LogP contribution < -0.4 is 4.90 Å². The number of likely N-dealkylation sites (tertiary alicyclic amines) is 1. The van der Waals surface area contributed by atoms with Crippen molar-refractivity contribution in [3.63, 3.8) is 0 Å². The van der Waals surface area contributed by atoms with E-state index in [2.05, 4.69) is 19.8 Å². The predicted molar refractivity (Wildman–Crippen MR) is 81.3 cm³/mol. The van der Waals surface area contributed by atoms with Gasteiger partial charge in [-0.15, -0.1) is 0 Å². The van der Waals surface area contributed by atoms with Gasteiger partial charge in [-0.2, -0.15) is 0 Å². The lowest BCUT2D eigenvalue weighted by Crippen LogP contribution is -2.37. The molecule has 0 radical (unpaired) electrons. The molecule has 2 saturated heterocycles. The summed E-state index contributed by atoms with van der Waals surface area (Å²) in [6.45, 7) is 5.23. The van der Waals surface area contributed by atoms with Crippen LogP contribution in [0.5, 0.6) is 0 Å². The number of halogens is 1. The minimum atomic E-state index is -0.383. The first-order chi connectivity index (χ1) is 10.8. The second kappa shape index (κ2) is 6.08. The zero-order valence-corrected chi connectivity index (χ0v) is 12.8. The van der Waals surface area contributed by atoms with Gasteiger partial charge in [-0.1, -0.05) is 0 Å². The largest absolute Gasteiger partial charge is 0.374 e. The average molecular weight is 306 g/mol. The van der Waals surface area contributed by atoms with Gasteiger partial charge in [0, 0.05) is 19.0 Å². The van der Waals surface area contributed by atoms with Crippen LogP contribution in [0.1, 0.15) is 25.7 Å². The van der Waals surface area contributed by atoms with Crippen LogP contribution in [0.25, 0.3) is 0 Å². The normalized spacial score (nSPS) is 31.3. The Morgan fingerprint density at radius 3 is 2.73 bits per heavy atom. The number of aromatic nitrogens is 2. The van der Waals surface area contributed by atoms with Crippen LogP contribution in [0.15, 0.2) is 12.4 Å². The highest BCUT2D eigenvalue weighted by Crippen LogP contribution is 2.41. The summed E-state index contributed by atoms with van der Waals surface area (Å²) in [4.78, 5) is 13.0. The molecule has 3 heterocycles. The van der Waals surface area contributed by atoms with Crippen molar-refractivity contribution >= 4 is 5.95 Å². The molecule has 1 aromatic rings. The molecule has 1 saturated carbocycles. The molecule has 6 heteroatoms. The lowest BCUT2D eigenvalue weighted by Gasteiger charge is -2.27. The number of piperidine rings is 1. The fourth-order valence-electron chi connectivity index (χ4n) is 4.20. The Labute approximate surface area is 130 Å². The van der Waals surface area contributed by atoms with E-state index in [-0.39, 0.29) is 11.9 Å². The standard InChI is InChI=1S/C16H23FN4O/c17-13-9-18-16(19-10-13)21-11-12-3-4-14(21)15(12)22-8-7-20-5-1-2-6-20/h9-10,12,14-15H,1-8,11H2. The summed E-state index contributed by atoms with van der Waals surface area (Å²) in [5.41, 5.74) is 0. The van der Waals surface area contributed by atoms with Crippen LogP contribution in [-0.4, -0.2) is 59.8 Å². The number of ether oxygens (including phenoxy) is 1. The lowest BCUT2D eigenvalue weighted by molar-refractivity contribution is 0.0282. The molecule has 0 spiro atoms. The zero-order valence-electron chi connectivity index (χ0n) is 12.8. The van der Waals surface area contributed by atoms with Crippen molar-refractivity contribution in [3.05, 3.63) is 18.2 Å². The van der Waals surface area contributed by atoms with E-state index in [9.17, 15) is 4.39 Å². The van der Waals surface area contributed by atoms with Gasteiger partial charge in [0.05, 0.1) is 31.1 Å². The highest BCUT2D eigenvalue weighted by Gasteiger charge is 2.48. The maximum atomic E-state index is 13.0. The Hall–Kier alpha value is -1.27. The Bertz CT molecular complexity index is 505. The van der Waals surface area contributed by atoms with E-state index >= 15 is 0 Å². The van der Waals surface area contributed by atoms with Crippen molar-refractivity contribution in [2.45, 2.75) is 37.8 Å². The average Bonchev–Trinajstić information content (AvgIpc) is 3.25. The fourth-order valence-corrected chi connectivity index (χ4v) is 4.20. The van der Waals surface area contributed by atoms with Crippen molar-refractivity contribution in [1.29, 1.82) is 0 Å². The Morgan fingerprint density at radius 2 is 1.95 bits per heavy atom. The van der Waals surface area contributed by atoms with Crippen molar-refractivity contribution in [3.8, 4) is 0 Å². The predicted octanol–water partition coefficient (Wildman–Crippen LogP) is 1.70. The van der Waals surface area contributed by atoms with Crippen LogP contribution >= 0.6 is 0 Å². The highest BCUT2D eigenvalue weighted by molar-refractivity contribution is 5.36. The molecule has 2 aliphatic heterocycles. The van der Waals surface area contributed by atoms with Crippen LogP contribution in [0.2, 0.25) is 0 Å². The molecule has 4 rings (SSSR count). The third kappa shape index (κ3) is 2.70. The number of hydrogen-bond acceptors (Lipinski definition) is 5. The minimum absolute atomic E-state index is 0.288. The maximum absolute atomic E-state index is 13.0. The van der Waals surface area contributed by atoms with Gasteiger partial charge in [-0.3, -0.25) is 0 Å².